The number of nitrogens with one attached hydrogen (secondary N) is 1. The highest BCUT2D eigenvalue weighted by molar-refractivity contribution is 7.96. The summed E-state index contributed by atoms with van der Waals surface area (Å²) in [6, 6.07) is 15.1. The summed E-state index contributed by atoms with van der Waals surface area (Å²) >= 11 is 11.2. The third-order valence-corrected chi connectivity index (χ3v) is 7.16. The highest BCUT2D eigenvalue weighted by Gasteiger charge is 2.32. The second-order valence-electron chi connectivity index (χ2n) is 6.70. The number of fused-ring (bicyclic) bond motifs is 1. The number of allylic oxidation sites excluding steroid dienone is 3. The van der Waals surface area contributed by atoms with Crippen LogP contribution in [-0.4, -0.2) is 38.3 Å². The van der Waals surface area contributed by atoms with Gasteiger partial charge < -0.3 is 10.1 Å². The normalized spacial score (nSPS) is 17.1. The van der Waals surface area contributed by atoms with Crippen LogP contribution in [0.4, 0.5) is 5.69 Å². The Kier molecular flexibility index (Phi) is 7.18. The summed E-state index contributed by atoms with van der Waals surface area (Å²) in [5.41, 5.74) is 1.17. The Bertz CT molecular complexity index is 1220. The Morgan fingerprint density at radius 2 is 1.41 bits per heavy atom. The molecule has 0 saturated heterocycles. The second-order valence-corrected chi connectivity index (χ2v) is 9.51. The number of para-hydroxylation sites is 1. The summed E-state index contributed by atoms with van der Waals surface area (Å²) in [6.45, 7) is 1.58. The lowest BCUT2D eigenvalue weighted by Crippen LogP contribution is -2.29. The van der Waals surface area contributed by atoms with Crippen LogP contribution in [-0.2, 0) is 19.4 Å². The van der Waals surface area contributed by atoms with Crippen LogP contribution in [0.2, 0.25) is 0 Å². The summed E-state index contributed by atoms with van der Waals surface area (Å²) in [6.07, 6.45) is 0. The van der Waals surface area contributed by atoms with E-state index in [1.165, 1.54) is 6.92 Å². The van der Waals surface area contributed by atoms with Crippen LogP contribution in [0.25, 0.3) is 0 Å². The smallest absolute Gasteiger partial charge is 0.270 e. The molecule has 0 saturated carbocycles. The van der Waals surface area contributed by atoms with Gasteiger partial charge in [0.25, 0.3) is 5.91 Å². The third-order valence-electron chi connectivity index (χ3n) is 4.55. The van der Waals surface area contributed by atoms with E-state index in [-0.39, 0.29) is 33.1 Å². The number of hydrogen-bond donors (Lipinski definition) is 1. The minimum Gasteiger partial charge on any atom is -0.496 e. The summed E-state index contributed by atoms with van der Waals surface area (Å²) < 4.78 is 28.8. The average Bonchev–Trinajstić information content (AvgIpc) is 2.76. The monoisotopic (exact) mass is 493 g/mol. The lowest BCUT2D eigenvalue weighted by molar-refractivity contribution is -0.112. The van der Waals surface area contributed by atoms with Gasteiger partial charge >= 0.3 is 0 Å². The first-order valence-electron chi connectivity index (χ1n) is 9.30. The Hall–Kier alpha value is -2.94. The number of ketones is 2. The molecule has 7 nitrogen and oxygen atoms in total. The SMILES string of the molecule is CC1=C(C(=O)Nc2ccccc2)S(=O)(=O)CCO1.O=C1C(Cl)=C(Cl)C(=O)c2ccccc21. The molecular weight excluding hydrogens is 477 g/mol. The van der Waals surface area contributed by atoms with Crippen molar-refractivity contribution in [2.45, 2.75) is 6.92 Å². The highest BCUT2D eigenvalue weighted by atomic mass is 35.5. The second kappa shape index (κ2) is 9.68. The van der Waals surface area contributed by atoms with E-state index in [1.807, 2.05) is 0 Å². The van der Waals surface area contributed by atoms with Gasteiger partial charge in [0.1, 0.15) is 22.4 Å². The lowest BCUT2D eigenvalue weighted by Gasteiger charge is -2.18. The van der Waals surface area contributed by atoms with Crippen molar-refractivity contribution >= 4 is 56.2 Å². The molecule has 2 aromatic rings. The maximum atomic E-state index is 12.0. The van der Waals surface area contributed by atoms with E-state index < -0.39 is 27.3 Å². The summed E-state index contributed by atoms with van der Waals surface area (Å²) in [5, 5.41) is 2.14. The van der Waals surface area contributed by atoms with E-state index in [2.05, 4.69) is 5.32 Å². The van der Waals surface area contributed by atoms with E-state index in [0.717, 1.165) is 0 Å². The van der Waals surface area contributed by atoms with E-state index in [0.29, 0.717) is 16.8 Å². The van der Waals surface area contributed by atoms with Crippen molar-refractivity contribution in [2.24, 2.45) is 0 Å². The number of halogens is 2. The van der Waals surface area contributed by atoms with Crippen molar-refractivity contribution < 1.29 is 27.5 Å². The number of Topliss-reactive ketones (excluding diaryl/α,β-unsaturated/α-hetero) is 2. The van der Waals surface area contributed by atoms with Crippen molar-refractivity contribution in [3.63, 3.8) is 0 Å². The first kappa shape index (κ1) is 23.7. The number of carbonyl (C=O) groups excluding carboxylic acids is 3. The van der Waals surface area contributed by atoms with Gasteiger partial charge in [0, 0.05) is 16.8 Å². The molecule has 0 aromatic heterocycles. The largest absolute Gasteiger partial charge is 0.496 e. The van der Waals surface area contributed by atoms with Crippen LogP contribution < -0.4 is 5.32 Å². The molecule has 0 radical (unpaired) electrons. The Balaban J connectivity index is 0.000000186. The standard InChI is InChI=1S/C12H13NO4S.C10H4Cl2O2/c1-9-11(18(15,16)8-7-17-9)12(14)13-10-5-3-2-4-6-10;11-7-8(12)10(14)6-4-2-1-3-5(6)9(7)13/h2-6H,7-8H2,1H3,(H,13,14);1-4H. The third kappa shape index (κ3) is 4.93. The van der Waals surface area contributed by atoms with Gasteiger partial charge in [0.15, 0.2) is 14.7 Å². The molecule has 1 amide bonds. The van der Waals surface area contributed by atoms with Crippen LogP contribution in [0.5, 0.6) is 0 Å². The van der Waals surface area contributed by atoms with Gasteiger partial charge in [-0.15, -0.1) is 0 Å². The average molecular weight is 494 g/mol. The molecule has 0 atom stereocenters. The first-order valence-corrected chi connectivity index (χ1v) is 11.7. The number of amides is 1. The van der Waals surface area contributed by atoms with E-state index >= 15 is 0 Å². The van der Waals surface area contributed by atoms with E-state index in [9.17, 15) is 22.8 Å². The Labute approximate surface area is 194 Å². The fourth-order valence-electron chi connectivity index (χ4n) is 3.02. The van der Waals surface area contributed by atoms with Crippen LogP contribution in [0, 0.1) is 0 Å². The van der Waals surface area contributed by atoms with Gasteiger partial charge in [0.2, 0.25) is 11.6 Å². The van der Waals surface area contributed by atoms with Crippen LogP contribution in [0.3, 0.4) is 0 Å². The quantitative estimate of drug-likeness (QED) is 0.675. The fraction of sp³-hybridized carbons (Fsp3) is 0.136. The molecule has 1 aliphatic carbocycles. The minimum atomic E-state index is -3.55. The molecule has 4 rings (SSSR count). The van der Waals surface area contributed by atoms with Crippen molar-refractivity contribution in [3.8, 4) is 0 Å². The lowest BCUT2D eigenvalue weighted by atomic mass is 9.95. The van der Waals surface area contributed by atoms with E-state index in [4.69, 9.17) is 27.9 Å². The van der Waals surface area contributed by atoms with Crippen molar-refractivity contribution in [1.29, 1.82) is 0 Å². The predicted octanol–water partition coefficient (Wildman–Crippen LogP) is 4.06. The van der Waals surface area contributed by atoms with E-state index in [1.54, 1.807) is 54.6 Å². The predicted molar refractivity (Wildman–Crippen MR) is 121 cm³/mol. The van der Waals surface area contributed by atoms with Crippen molar-refractivity contribution in [2.75, 3.05) is 17.7 Å². The molecule has 0 unspecified atom stereocenters. The molecule has 1 aliphatic heterocycles. The van der Waals surface area contributed by atoms with Gasteiger partial charge in [0.05, 0.1) is 5.75 Å². The van der Waals surface area contributed by atoms with Gasteiger partial charge in [-0.1, -0.05) is 65.7 Å². The molecule has 1 N–H and O–H groups in total. The van der Waals surface area contributed by atoms with Gasteiger partial charge in [-0.3, -0.25) is 14.4 Å². The topological polar surface area (TPSA) is 107 Å². The zero-order valence-electron chi connectivity index (χ0n) is 16.7. The highest BCUT2D eigenvalue weighted by Crippen LogP contribution is 2.30. The number of rotatable bonds is 2. The molecule has 1 heterocycles. The number of ether oxygens (including phenoxy) is 1. The maximum absolute atomic E-state index is 12.0. The van der Waals surface area contributed by atoms with Gasteiger partial charge in [-0.25, -0.2) is 8.42 Å². The molecule has 0 fully saturated rings. The summed E-state index contributed by atoms with van der Waals surface area (Å²) in [5.74, 6) is -1.46. The zero-order valence-corrected chi connectivity index (χ0v) is 19.1. The molecule has 0 spiro atoms. The maximum Gasteiger partial charge on any atom is 0.270 e. The van der Waals surface area contributed by atoms with Crippen molar-refractivity contribution in [3.05, 3.63) is 86.5 Å². The van der Waals surface area contributed by atoms with Crippen molar-refractivity contribution in [1.82, 2.24) is 0 Å². The Morgan fingerprint density at radius 1 is 0.906 bits per heavy atom. The van der Waals surface area contributed by atoms with Crippen LogP contribution in [0.1, 0.15) is 27.6 Å². The van der Waals surface area contributed by atoms with Gasteiger partial charge in [-0.05, 0) is 19.1 Å². The molecular formula is C22H17Cl2NO6S. The number of anilines is 1. The molecule has 166 valence electrons. The zero-order chi connectivity index (χ0) is 23.5. The summed E-state index contributed by atoms with van der Waals surface area (Å²) in [7, 11) is -3.55. The fourth-order valence-corrected chi connectivity index (χ4v) is 4.73. The molecule has 32 heavy (non-hydrogen) atoms. The van der Waals surface area contributed by atoms with Crippen LogP contribution in [0.15, 0.2) is 75.3 Å². The number of carbonyl (C=O) groups is 3. The molecule has 2 aliphatic rings. The van der Waals surface area contributed by atoms with Gasteiger partial charge in [-0.2, -0.15) is 0 Å². The minimum absolute atomic E-state index is 0.0935. The molecule has 2 aromatic carbocycles. The molecule has 0 bridgehead atoms. The first-order chi connectivity index (χ1) is 15.1. The number of hydrogen-bond acceptors (Lipinski definition) is 6. The molecule has 10 heteroatoms. The number of sulfone groups is 1. The number of benzene rings is 2. The summed E-state index contributed by atoms with van der Waals surface area (Å²) in [4.78, 5) is 34.8. The Morgan fingerprint density at radius 3 is 1.91 bits per heavy atom. The van der Waals surface area contributed by atoms with Crippen LogP contribution >= 0.6 is 23.2 Å².